The lowest BCUT2D eigenvalue weighted by Crippen LogP contribution is -2.41. The van der Waals surface area contributed by atoms with Crippen LogP contribution in [0.4, 0.5) is 20.2 Å². The Hall–Kier alpha value is -1.65. The maximum Gasteiger partial charge on any atom is 0.497 e. The van der Waals surface area contributed by atoms with Gasteiger partial charge in [-0.25, -0.2) is 8.78 Å². The van der Waals surface area contributed by atoms with Gasteiger partial charge >= 0.3 is 14.8 Å². The van der Waals surface area contributed by atoms with Crippen LogP contribution >= 0.6 is 15.9 Å². The summed E-state index contributed by atoms with van der Waals surface area (Å²) in [5, 5.41) is 0. The molecule has 0 atom stereocenters. The number of hydrogen-bond acceptors (Lipinski definition) is 6. The fourth-order valence-electron chi connectivity index (χ4n) is 2.77. The van der Waals surface area contributed by atoms with Gasteiger partial charge in [0, 0.05) is 21.3 Å². The summed E-state index contributed by atoms with van der Waals surface area (Å²) < 4.78 is 48.1. The summed E-state index contributed by atoms with van der Waals surface area (Å²) in [7, 11) is 0.802. The molecule has 6 nitrogen and oxygen atoms in total. The Bertz CT molecular complexity index is 1010. The number of nitrogen functional groups attached to an aromatic ring is 2. The molecule has 0 unspecified atom stereocenters. The SMILES string of the molecule is CC1(C)OB(c2cc(F)ccc2N)OC1(C)C.CC1(C)O[B]OC1(C)C.Nc1ccc(F)cc1Br. The largest absolute Gasteiger partial charge is 0.497 e. The van der Waals surface area contributed by atoms with E-state index in [2.05, 4.69) is 15.9 Å². The van der Waals surface area contributed by atoms with Crippen molar-refractivity contribution in [1.82, 2.24) is 0 Å². The van der Waals surface area contributed by atoms with E-state index in [9.17, 15) is 8.78 Å². The lowest BCUT2D eigenvalue weighted by Gasteiger charge is -2.32. The average Bonchev–Trinajstić information content (AvgIpc) is 3.10. The molecule has 2 aliphatic heterocycles. The van der Waals surface area contributed by atoms with E-state index >= 15 is 0 Å². The zero-order chi connectivity index (χ0) is 26.8. The van der Waals surface area contributed by atoms with Crippen molar-refractivity contribution < 1.29 is 27.4 Å². The molecule has 0 aliphatic carbocycles. The van der Waals surface area contributed by atoms with Gasteiger partial charge in [0.15, 0.2) is 0 Å². The van der Waals surface area contributed by atoms with Gasteiger partial charge in [0.1, 0.15) is 11.6 Å². The molecule has 0 saturated carbocycles. The van der Waals surface area contributed by atoms with Crippen molar-refractivity contribution in [3.05, 3.63) is 52.5 Å². The first-order valence-electron chi connectivity index (χ1n) is 11.2. The molecule has 2 aliphatic rings. The predicted octanol–water partition coefficient (Wildman–Crippen LogP) is 5.00. The molecule has 4 rings (SSSR count). The molecule has 2 aromatic rings. The van der Waals surface area contributed by atoms with Crippen LogP contribution in [0.2, 0.25) is 0 Å². The van der Waals surface area contributed by atoms with Gasteiger partial charge in [0.25, 0.3) is 0 Å². The minimum Gasteiger partial charge on any atom is -0.405 e. The lowest BCUT2D eigenvalue weighted by atomic mass is 9.78. The molecular formula is C24H34B2BrF2N2O4. The molecule has 4 N–H and O–H groups in total. The van der Waals surface area contributed by atoms with E-state index in [1.807, 2.05) is 55.4 Å². The fraction of sp³-hybridized carbons (Fsp3) is 0.500. The Morgan fingerprint density at radius 2 is 1.14 bits per heavy atom. The zero-order valence-electron chi connectivity index (χ0n) is 21.5. The second kappa shape index (κ2) is 10.8. The summed E-state index contributed by atoms with van der Waals surface area (Å²) in [4.78, 5) is 0. The van der Waals surface area contributed by atoms with Gasteiger partial charge in [0.05, 0.1) is 22.4 Å². The molecular weight excluding hydrogens is 520 g/mol. The summed E-state index contributed by atoms with van der Waals surface area (Å²) in [5.74, 6) is -0.625. The van der Waals surface area contributed by atoms with E-state index in [-0.39, 0.29) is 22.8 Å². The number of halogens is 3. The molecule has 2 saturated heterocycles. The van der Waals surface area contributed by atoms with Gasteiger partial charge in [-0.05, 0) is 108 Å². The van der Waals surface area contributed by atoms with Crippen LogP contribution in [0.3, 0.4) is 0 Å². The molecule has 0 aromatic heterocycles. The van der Waals surface area contributed by atoms with Crippen LogP contribution in [0.15, 0.2) is 40.9 Å². The van der Waals surface area contributed by atoms with Crippen LogP contribution in [-0.2, 0) is 18.6 Å². The van der Waals surface area contributed by atoms with Gasteiger partial charge in [-0.1, -0.05) is 0 Å². The van der Waals surface area contributed by atoms with Crippen molar-refractivity contribution in [2.24, 2.45) is 0 Å². The molecule has 1 radical (unpaired) electrons. The number of hydrogen-bond donors (Lipinski definition) is 2. The van der Waals surface area contributed by atoms with Crippen molar-refractivity contribution in [2.75, 3.05) is 11.5 Å². The Morgan fingerprint density at radius 3 is 1.51 bits per heavy atom. The van der Waals surface area contributed by atoms with E-state index in [0.29, 0.717) is 21.3 Å². The minimum atomic E-state index is -0.615. The van der Waals surface area contributed by atoms with Crippen LogP contribution in [-0.4, -0.2) is 37.2 Å². The first kappa shape index (κ1) is 29.6. The summed E-state index contributed by atoms with van der Waals surface area (Å²) in [6.45, 7) is 15.8. The first-order chi connectivity index (χ1) is 15.9. The molecule has 11 heteroatoms. The highest BCUT2D eigenvalue weighted by molar-refractivity contribution is 9.10. The summed E-state index contributed by atoms with van der Waals surface area (Å²) in [6, 6.07) is 8.37. The van der Waals surface area contributed by atoms with Crippen LogP contribution in [0.5, 0.6) is 0 Å². The third-order valence-electron chi connectivity index (χ3n) is 6.65. The van der Waals surface area contributed by atoms with Gasteiger partial charge in [0.2, 0.25) is 0 Å². The van der Waals surface area contributed by atoms with Gasteiger partial charge in [-0.15, -0.1) is 0 Å². The zero-order valence-corrected chi connectivity index (χ0v) is 23.1. The highest BCUT2D eigenvalue weighted by Gasteiger charge is 2.52. The third kappa shape index (κ3) is 7.20. The summed E-state index contributed by atoms with van der Waals surface area (Å²) >= 11 is 3.08. The molecule has 191 valence electrons. The van der Waals surface area contributed by atoms with Crippen molar-refractivity contribution in [1.29, 1.82) is 0 Å². The monoisotopic (exact) mass is 553 g/mol. The molecule has 2 fully saturated rings. The Morgan fingerprint density at radius 1 is 0.714 bits per heavy atom. The summed E-state index contributed by atoms with van der Waals surface area (Å²) in [6.07, 6.45) is 0. The third-order valence-corrected chi connectivity index (χ3v) is 7.34. The molecule has 2 aromatic carbocycles. The van der Waals surface area contributed by atoms with E-state index in [1.165, 1.54) is 44.1 Å². The van der Waals surface area contributed by atoms with E-state index in [4.69, 9.17) is 30.1 Å². The van der Waals surface area contributed by atoms with Gasteiger partial charge in [-0.2, -0.15) is 0 Å². The summed E-state index contributed by atoms with van der Waals surface area (Å²) in [5.41, 5.74) is 11.5. The number of nitrogens with two attached hydrogens (primary N) is 2. The standard InChI is InChI=1S/C12H17BFNO2.C6H12BO2.C6H5BrFN/c1-11(2)12(3,4)17-13(16-11)9-7-8(14)5-6-10(9)15;1-5(2)6(3,4)9-7-8-5;7-5-3-4(8)1-2-6(5)9/h5-7H,15H2,1-4H3;1-4H3;1-3H,9H2. The number of anilines is 2. The topological polar surface area (TPSA) is 89.0 Å². The second-order valence-corrected chi connectivity index (χ2v) is 11.2. The number of rotatable bonds is 1. The highest BCUT2D eigenvalue weighted by atomic mass is 79.9. The van der Waals surface area contributed by atoms with Crippen LogP contribution < -0.4 is 16.9 Å². The van der Waals surface area contributed by atoms with Crippen LogP contribution in [0.1, 0.15) is 55.4 Å². The van der Waals surface area contributed by atoms with E-state index in [0.717, 1.165) is 0 Å². The van der Waals surface area contributed by atoms with Gasteiger partial charge < -0.3 is 30.1 Å². The molecule has 0 amide bonds. The minimum absolute atomic E-state index is 0.187. The smallest absolute Gasteiger partial charge is 0.405 e. The normalized spacial score (nSPS) is 20.7. The Labute approximate surface area is 216 Å². The van der Waals surface area contributed by atoms with Crippen LogP contribution in [0, 0.1) is 11.6 Å². The van der Waals surface area contributed by atoms with E-state index in [1.54, 1.807) is 0 Å². The van der Waals surface area contributed by atoms with Gasteiger partial charge in [-0.3, -0.25) is 0 Å². The molecule has 2 heterocycles. The molecule has 35 heavy (non-hydrogen) atoms. The molecule has 0 spiro atoms. The van der Waals surface area contributed by atoms with Crippen molar-refractivity contribution in [3.63, 3.8) is 0 Å². The van der Waals surface area contributed by atoms with Crippen molar-refractivity contribution in [2.45, 2.75) is 77.8 Å². The van der Waals surface area contributed by atoms with Crippen molar-refractivity contribution in [3.8, 4) is 0 Å². The second-order valence-electron chi connectivity index (χ2n) is 10.4. The van der Waals surface area contributed by atoms with E-state index < -0.39 is 18.3 Å². The molecule has 0 bridgehead atoms. The first-order valence-corrected chi connectivity index (χ1v) is 12.0. The lowest BCUT2D eigenvalue weighted by molar-refractivity contribution is 0.00578. The maximum atomic E-state index is 13.2. The van der Waals surface area contributed by atoms with Crippen molar-refractivity contribution >= 4 is 47.6 Å². The maximum absolute atomic E-state index is 13.2. The fourth-order valence-corrected chi connectivity index (χ4v) is 3.12. The Kier molecular flexibility index (Phi) is 9.10. The predicted molar refractivity (Wildman–Crippen MR) is 141 cm³/mol. The Balaban J connectivity index is 0.000000203. The quantitative estimate of drug-likeness (QED) is 0.381. The van der Waals surface area contributed by atoms with Crippen LogP contribution in [0.25, 0.3) is 0 Å². The number of benzene rings is 2. The average molecular weight is 554 g/mol. The highest BCUT2D eigenvalue weighted by Crippen LogP contribution is 2.37.